The van der Waals surface area contributed by atoms with Gasteiger partial charge in [0.15, 0.2) is 0 Å². The van der Waals surface area contributed by atoms with Crippen LogP contribution in [-0.2, 0) is 6.18 Å². The first-order valence-electron chi connectivity index (χ1n) is 6.14. The summed E-state index contributed by atoms with van der Waals surface area (Å²) < 4.78 is 38.4. The molecule has 0 spiro atoms. The Labute approximate surface area is 124 Å². The van der Waals surface area contributed by atoms with Crippen molar-refractivity contribution in [2.45, 2.75) is 6.18 Å². The number of rotatable bonds is 2. The van der Waals surface area contributed by atoms with E-state index in [9.17, 15) is 18.0 Å². The Morgan fingerprint density at radius 2 is 1.77 bits per heavy atom. The Hall–Kier alpha value is -3.01. The summed E-state index contributed by atoms with van der Waals surface area (Å²) >= 11 is 0. The maximum absolute atomic E-state index is 12.8. The van der Waals surface area contributed by atoms with E-state index in [-0.39, 0.29) is 5.69 Å². The Morgan fingerprint density at radius 3 is 2.45 bits per heavy atom. The summed E-state index contributed by atoms with van der Waals surface area (Å²) in [5.41, 5.74) is -0.644. The molecule has 7 heteroatoms. The van der Waals surface area contributed by atoms with Gasteiger partial charge in [-0.05, 0) is 30.3 Å². The molecule has 0 aliphatic carbocycles. The van der Waals surface area contributed by atoms with Gasteiger partial charge in [-0.1, -0.05) is 18.2 Å². The average molecular weight is 305 g/mol. The number of hydrogen-bond donors (Lipinski definition) is 2. The Bertz CT molecular complexity index is 735. The minimum Gasteiger partial charge on any atom is -0.308 e. The highest BCUT2D eigenvalue weighted by Gasteiger charge is 2.33. The number of anilines is 2. The number of carbonyl (C=O) groups excluding carboxylic acids is 1. The second-order valence-electron chi connectivity index (χ2n) is 4.32. The first-order chi connectivity index (χ1) is 10.4. The van der Waals surface area contributed by atoms with Crippen LogP contribution in [0.2, 0.25) is 0 Å². The summed E-state index contributed by atoms with van der Waals surface area (Å²) in [7, 11) is 0. The molecule has 0 aliphatic rings. The van der Waals surface area contributed by atoms with Crippen LogP contribution < -0.4 is 10.6 Å². The lowest BCUT2D eigenvalue weighted by molar-refractivity contribution is -0.136. The highest BCUT2D eigenvalue weighted by atomic mass is 19.4. The summed E-state index contributed by atoms with van der Waals surface area (Å²) in [6, 6.07) is 11.8. The molecule has 2 rings (SSSR count). The van der Waals surface area contributed by atoms with Gasteiger partial charge in [0.1, 0.15) is 0 Å². The first-order valence-corrected chi connectivity index (χ1v) is 6.14. The van der Waals surface area contributed by atoms with E-state index in [2.05, 4.69) is 10.6 Å². The molecule has 2 aromatic carbocycles. The van der Waals surface area contributed by atoms with Crippen molar-refractivity contribution in [2.75, 3.05) is 10.6 Å². The number of amides is 2. The van der Waals surface area contributed by atoms with Gasteiger partial charge in [0, 0.05) is 5.69 Å². The zero-order valence-corrected chi connectivity index (χ0v) is 11.1. The van der Waals surface area contributed by atoms with E-state index in [0.29, 0.717) is 11.3 Å². The summed E-state index contributed by atoms with van der Waals surface area (Å²) in [5.74, 6) is 0. The lowest BCUT2D eigenvalue weighted by atomic mass is 10.1. The molecule has 2 N–H and O–H groups in total. The molecule has 0 atom stereocenters. The van der Waals surface area contributed by atoms with Crippen molar-refractivity contribution < 1.29 is 18.0 Å². The molecular formula is C15H10F3N3O. The van der Waals surface area contributed by atoms with Gasteiger partial charge in [-0.2, -0.15) is 18.4 Å². The van der Waals surface area contributed by atoms with E-state index in [1.54, 1.807) is 12.1 Å². The third-order valence-corrected chi connectivity index (χ3v) is 2.73. The number of benzene rings is 2. The number of nitrogens with zero attached hydrogens (tertiary/aromatic N) is 1. The second-order valence-corrected chi connectivity index (χ2v) is 4.32. The number of halogens is 3. The molecule has 0 saturated carbocycles. The number of alkyl halides is 3. The fourth-order valence-electron chi connectivity index (χ4n) is 1.79. The van der Waals surface area contributed by atoms with Gasteiger partial charge < -0.3 is 10.6 Å². The Balaban J connectivity index is 2.15. The van der Waals surface area contributed by atoms with Crippen molar-refractivity contribution >= 4 is 17.4 Å². The highest BCUT2D eigenvalue weighted by molar-refractivity contribution is 6.00. The van der Waals surface area contributed by atoms with Crippen LogP contribution in [0.3, 0.4) is 0 Å². The van der Waals surface area contributed by atoms with Crippen LogP contribution >= 0.6 is 0 Å². The highest BCUT2D eigenvalue weighted by Crippen LogP contribution is 2.34. The van der Waals surface area contributed by atoms with Crippen LogP contribution in [0.4, 0.5) is 29.3 Å². The molecule has 2 aromatic rings. The number of nitriles is 1. The van der Waals surface area contributed by atoms with Crippen LogP contribution in [0.1, 0.15) is 11.1 Å². The molecule has 0 saturated heterocycles. The standard InChI is InChI=1S/C15H10F3N3O/c16-15(17,18)12-6-1-2-7-13(12)21-14(22)20-11-5-3-4-10(8-11)9-19/h1-8H,(H2,20,21,22). The van der Waals surface area contributed by atoms with Crippen LogP contribution in [0.5, 0.6) is 0 Å². The van der Waals surface area contributed by atoms with Gasteiger partial charge in [-0.3, -0.25) is 0 Å². The normalized spacial score (nSPS) is 10.6. The SMILES string of the molecule is N#Cc1cccc(NC(=O)Nc2ccccc2C(F)(F)F)c1. The van der Waals surface area contributed by atoms with E-state index >= 15 is 0 Å². The van der Waals surface area contributed by atoms with E-state index in [1.165, 1.54) is 24.3 Å². The van der Waals surface area contributed by atoms with Gasteiger partial charge in [-0.15, -0.1) is 0 Å². The molecule has 0 bridgehead atoms. The lowest BCUT2D eigenvalue weighted by Gasteiger charge is -2.14. The summed E-state index contributed by atoms with van der Waals surface area (Å²) in [4.78, 5) is 11.8. The average Bonchev–Trinajstić information content (AvgIpc) is 2.46. The van der Waals surface area contributed by atoms with Crippen LogP contribution in [0, 0.1) is 11.3 Å². The molecule has 0 aliphatic heterocycles. The third kappa shape index (κ3) is 3.76. The monoisotopic (exact) mass is 305 g/mol. The minimum absolute atomic E-state index is 0.307. The summed E-state index contributed by atoms with van der Waals surface area (Å²) in [5, 5.41) is 13.3. The first kappa shape index (κ1) is 15.4. The van der Waals surface area contributed by atoms with E-state index < -0.39 is 17.8 Å². The Kier molecular flexibility index (Phi) is 4.32. The molecule has 0 aromatic heterocycles. The van der Waals surface area contributed by atoms with Crippen molar-refractivity contribution in [1.29, 1.82) is 5.26 Å². The quantitative estimate of drug-likeness (QED) is 0.872. The van der Waals surface area contributed by atoms with Crippen molar-refractivity contribution in [3.63, 3.8) is 0 Å². The molecule has 112 valence electrons. The molecule has 0 unspecified atom stereocenters. The van der Waals surface area contributed by atoms with E-state index in [0.717, 1.165) is 12.1 Å². The maximum Gasteiger partial charge on any atom is 0.418 e. The fraction of sp³-hybridized carbons (Fsp3) is 0.0667. The fourth-order valence-corrected chi connectivity index (χ4v) is 1.79. The maximum atomic E-state index is 12.8. The number of nitrogens with one attached hydrogen (secondary N) is 2. The van der Waals surface area contributed by atoms with Crippen molar-refractivity contribution in [1.82, 2.24) is 0 Å². The minimum atomic E-state index is -4.56. The molecule has 0 radical (unpaired) electrons. The molecule has 0 fully saturated rings. The second kappa shape index (κ2) is 6.18. The summed E-state index contributed by atoms with van der Waals surface area (Å²) in [6.45, 7) is 0. The van der Waals surface area contributed by atoms with Gasteiger partial charge >= 0.3 is 12.2 Å². The van der Waals surface area contributed by atoms with Crippen molar-refractivity contribution in [3.8, 4) is 6.07 Å². The predicted molar refractivity (Wildman–Crippen MR) is 75.2 cm³/mol. The van der Waals surface area contributed by atoms with Crippen molar-refractivity contribution in [3.05, 3.63) is 59.7 Å². The zero-order chi connectivity index (χ0) is 16.2. The molecular weight excluding hydrogens is 295 g/mol. The molecule has 0 heterocycles. The van der Waals surface area contributed by atoms with Gasteiger partial charge in [0.05, 0.1) is 22.9 Å². The van der Waals surface area contributed by atoms with E-state index in [1.807, 2.05) is 6.07 Å². The van der Waals surface area contributed by atoms with Crippen LogP contribution in [-0.4, -0.2) is 6.03 Å². The van der Waals surface area contributed by atoms with E-state index in [4.69, 9.17) is 5.26 Å². The molecule has 22 heavy (non-hydrogen) atoms. The van der Waals surface area contributed by atoms with Gasteiger partial charge in [-0.25, -0.2) is 4.79 Å². The number of hydrogen-bond acceptors (Lipinski definition) is 2. The Morgan fingerprint density at radius 1 is 1.05 bits per heavy atom. The molecule has 4 nitrogen and oxygen atoms in total. The largest absolute Gasteiger partial charge is 0.418 e. The lowest BCUT2D eigenvalue weighted by Crippen LogP contribution is -2.21. The van der Waals surface area contributed by atoms with Crippen molar-refractivity contribution in [2.24, 2.45) is 0 Å². The number of carbonyl (C=O) groups is 1. The predicted octanol–water partition coefficient (Wildman–Crippen LogP) is 4.22. The van der Waals surface area contributed by atoms with Crippen LogP contribution in [0.25, 0.3) is 0 Å². The zero-order valence-electron chi connectivity index (χ0n) is 11.1. The van der Waals surface area contributed by atoms with Crippen LogP contribution in [0.15, 0.2) is 48.5 Å². The third-order valence-electron chi connectivity index (χ3n) is 2.73. The smallest absolute Gasteiger partial charge is 0.308 e. The topological polar surface area (TPSA) is 64.9 Å². The number of para-hydroxylation sites is 1. The van der Waals surface area contributed by atoms with Gasteiger partial charge in [0.25, 0.3) is 0 Å². The number of urea groups is 1. The summed E-state index contributed by atoms with van der Waals surface area (Å²) in [6.07, 6.45) is -4.56. The van der Waals surface area contributed by atoms with Gasteiger partial charge in [0.2, 0.25) is 0 Å². The molecule has 2 amide bonds.